The van der Waals surface area contributed by atoms with Gasteiger partial charge in [0, 0.05) is 26.2 Å². The third kappa shape index (κ3) is 13.5. The summed E-state index contributed by atoms with van der Waals surface area (Å²) in [5.74, 6) is -5.58. The van der Waals surface area contributed by atoms with Gasteiger partial charge in [0.15, 0.2) is 6.10 Å². The van der Waals surface area contributed by atoms with Crippen molar-refractivity contribution in [1.82, 2.24) is 21.3 Å². The van der Waals surface area contributed by atoms with Crippen molar-refractivity contribution in [2.75, 3.05) is 0 Å². The molecule has 5 unspecified atom stereocenters. The van der Waals surface area contributed by atoms with Crippen LogP contribution in [0.15, 0.2) is 30.3 Å². The molecule has 43 heavy (non-hydrogen) atoms. The maximum absolute atomic E-state index is 13.5. The van der Waals surface area contributed by atoms with E-state index >= 15 is 0 Å². The number of nitrogens with two attached hydrogens (primary N) is 2. The lowest BCUT2D eigenvalue weighted by Crippen LogP contribution is -2.59. The molecule has 0 aliphatic carbocycles. The first-order valence-corrected chi connectivity index (χ1v) is 13.5. The lowest BCUT2D eigenvalue weighted by Gasteiger charge is -2.29. The highest BCUT2D eigenvalue weighted by Crippen LogP contribution is 2.24. The van der Waals surface area contributed by atoms with E-state index in [2.05, 4.69) is 16.0 Å². The number of hydrogen-bond donors (Lipinski definition) is 7. The van der Waals surface area contributed by atoms with Crippen LogP contribution in [0.2, 0.25) is 0 Å². The maximum Gasteiger partial charge on any atom is 0.416 e. The van der Waals surface area contributed by atoms with E-state index < -0.39 is 97.6 Å². The summed E-state index contributed by atoms with van der Waals surface area (Å²) in [7, 11) is 0. The molecule has 1 aromatic rings. The lowest BCUT2D eigenvalue weighted by atomic mass is 10.00. The van der Waals surface area contributed by atoms with E-state index in [1.807, 2.05) is 5.32 Å². The van der Waals surface area contributed by atoms with Gasteiger partial charge < -0.3 is 37.8 Å². The van der Waals surface area contributed by atoms with Gasteiger partial charge in [-0.05, 0) is 24.3 Å². The fraction of sp³-hybridized carbons (Fsp3) is 0.556. The maximum atomic E-state index is 13.5. The zero-order chi connectivity index (χ0) is 32.9. The second-order valence-corrected chi connectivity index (χ2v) is 10.3. The van der Waals surface area contributed by atoms with E-state index in [9.17, 15) is 47.0 Å². The molecule has 0 radical (unpaired) electrons. The molecule has 0 bridgehead atoms. The van der Waals surface area contributed by atoms with Crippen LogP contribution in [-0.4, -0.2) is 77.0 Å². The second-order valence-electron chi connectivity index (χ2n) is 10.3. The average molecular weight is 617 g/mol. The fourth-order valence-corrected chi connectivity index (χ4v) is 4.02. The van der Waals surface area contributed by atoms with Crippen LogP contribution in [-0.2, 0) is 35.2 Å². The summed E-state index contributed by atoms with van der Waals surface area (Å²) in [6, 6.07) is 2.41. The molecule has 13 nitrogen and oxygen atoms in total. The van der Waals surface area contributed by atoms with E-state index in [0.29, 0.717) is 5.56 Å². The number of aliphatic hydroxyl groups is 1. The molecule has 240 valence electrons. The van der Waals surface area contributed by atoms with E-state index in [1.54, 1.807) is 44.2 Å². The Kier molecular flexibility index (Phi) is 14.6. The van der Waals surface area contributed by atoms with Crippen molar-refractivity contribution >= 4 is 35.4 Å². The SMILES string of the molecule is CC(=O)NC(C(=O)NC(Cc1ccccc1)C(=O)NC(CCC(N)=O)C(=O)NC(CCC(N)=O)C(O)C(F)(F)F)C(C)C. The largest absolute Gasteiger partial charge is 0.416 e. The molecule has 0 aromatic heterocycles. The van der Waals surface area contributed by atoms with Crippen molar-refractivity contribution in [2.45, 2.75) is 89.3 Å². The molecule has 0 saturated heterocycles. The number of primary amides is 2. The van der Waals surface area contributed by atoms with Crippen molar-refractivity contribution in [3.05, 3.63) is 35.9 Å². The first kappa shape index (κ1) is 36.8. The van der Waals surface area contributed by atoms with E-state index in [-0.39, 0.29) is 12.3 Å². The minimum absolute atomic E-state index is 0.0819. The van der Waals surface area contributed by atoms with E-state index in [1.165, 1.54) is 6.92 Å². The van der Waals surface area contributed by atoms with Crippen LogP contribution < -0.4 is 32.7 Å². The highest BCUT2D eigenvalue weighted by atomic mass is 19.4. The van der Waals surface area contributed by atoms with Crippen LogP contribution in [0.4, 0.5) is 13.2 Å². The Hall–Kier alpha value is -4.21. The zero-order valence-corrected chi connectivity index (χ0v) is 24.1. The molecule has 16 heteroatoms. The first-order valence-electron chi connectivity index (χ1n) is 13.5. The summed E-state index contributed by atoms with van der Waals surface area (Å²) in [6.07, 6.45) is -10.5. The minimum Gasteiger partial charge on any atom is -0.382 e. The van der Waals surface area contributed by atoms with Gasteiger partial charge in [-0.25, -0.2) is 0 Å². The van der Waals surface area contributed by atoms with Gasteiger partial charge in [-0.3, -0.25) is 28.8 Å². The van der Waals surface area contributed by atoms with Gasteiger partial charge in [-0.15, -0.1) is 0 Å². The summed E-state index contributed by atoms with van der Waals surface area (Å²) >= 11 is 0. The Morgan fingerprint density at radius 3 is 1.79 bits per heavy atom. The van der Waals surface area contributed by atoms with Gasteiger partial charge in [0.1, 0.15) is 18.1 Å². The van der Waals surface area contributed by atoms with Crippen molar-refractivity contribution in [3.63, 3.8) is 0 Å². The van der Waals surface area contributed by atoms with Crippen LogP contribution in [0.3, 0.4) is 0 Å². The highest BCUT2D eigenvalue weighted by Gasteiger charge is 2.44. The summed E-state index contributed by atoms with van der Waals surface area (Å²) < 4.78 is 39.8. The monoisotopic (exact) mass is 616 g/mol. The summed E-state index contributed by atoms with van der Waals surface area (Å²) in [5, 5.41) is 19.1. The summed E-state index contributed by atoms with van der Waals surface area (Å²) in [6.45, 7) is 4.55. The number of benzene rings is 1. The number of alkyl halides is 3. The molecule has 1 aromatic carbocycles. The molecule has 0 saturated carbocycles. The third-order valence-corrected chi connectivity index (χ3v) is 6.28. The lowest BCUT2D eigenvalue weighted by molar-refractivity contribution is -0.212. The Bertz CT molecular complexity index is 1130. The van der Waals surface area contributed by atoms with Crippen molar-refractivity contribution in [3.8, 4) is 0 Å². The molecule has 9 N–H and O–H groups in total. The van der Waals surface area contributed by atoms with Crippen LogP contribution in [0.5, 0.6) is 0 Å². The Morgan fingerprint density at radius 2 is 1.30 bits per heavy atom. The molecule has 0 fully saturated rings. The zero-order valence-electron chi connectivity index (χ0n) is 24.1. The van der Waals surface area contributed by atoms with E-state index in [0.717, 1.165) is 0 Å². The molecule has 5 atom stereocenters. The number of aliphatic hydroxyl groups excluding tert-OH is 1. The number of rotatable bonds is 17. The quantitative estimate of drug-likeness (QED) is 0.119. The standard InChI is InChI=1S/C27H39F3N6O7/c1-14(2)22(33-15(3)37)26(43)36-19(13-16-7-5-4-6-8-16)25(42)35-18(10-12-21(32)39)24(41)34-17(9-11-20(31)38)23(40)27(28,29)30/h4-8,14,17-19,22-23,40H,9-13H2,1-3H3,(H2,31,38)(H2,32,39)(H,33,37)(H,34,41)(H,35,42)(H,36,43). The highest BCUT2D eigenvalue weighted by molar-refractivity contribution is 5.94. The smallest absolute Gasteiger partial charge is 0.382 e. The van der Waals surface area contributed by atoms with E-state index in [4.69, 9.17) is 11.5 Å². The number of carbonyl (C=O) groups excluding carboxylic acids is 6. The van der Waals surface area contributed by atoms with Gasteiger partial charge in [0.05, 0.1) is 6.04 Å². The topological polar surface area (TPSA) is 223 Å². The number of carbonyl (C=O) groups is 6. The average Bonchev–Trinajstić information content (AvgIpc) is 2.90. The predicted octanol–water partition coefficient (Wildman–Crippen LogP) is -0.702. The molecule has 0 aliphatic heterocycles. The predicted molar refractivity (Wildman–Crippen MR) is 147 cm³/mol. The number of amides is 6. The second kappa shape index (κ2) is 17.0. The molecule has 6 amide bonds. The Morgan fingerprint density at radius 1 is 0.791 bits per heavy atom. The Labute approximate surface area is 246 Å². The molecular weight excluding hydrogens is 577 g/mol. The fourth-order valence-electron chi connectivity index (χ4n) is 4.02. The molecule has 0 spiro atoms. The van der Waals surface area contributed by atoms with Crippen LogP contribution in [0.25, 0.3) is 0 Å². The Balaban J connectivity index is 3.31. The molecule has 1 rings (SSSR count). The molecular formula is C27H39F3N6O7. The van der Waals surface area contributed by atoms with Crippen LogP contribution in [0, 0.1) is 5.92 Å². The van der Waals surface area contributed by atoms with Crippen LogP contribution in [0.1, 0.15) is 52.0 Å². The summed E-state index contributed by atoms with van der Waals surface area (Å²) in [5.41, 5.74) is 10.8. The van der Waals surface area contributed by atoms with Crippen molar-refractivity contribution < 1.29 is 47.0 Å². The molecule has 0 aliphatic rings. The van der Waals surface area contributed by atoms with Gasteiger partial charge in [0.25, 0.3) is 0 Å². The first-order chi connectivity index (χ1) is 19.9. The van der Waals surface area contributed by atoms with Crippen molar-refractivity contribution in [2.24, 2.45) is 17.4 Å². The van der Waals surface area contributed by atoms with Gasteiger partial charge >= 0.3 is 6.18 Å². The van der Waals surface area contributed by atoms with Gasteiger partial charge in [0.2, 0.25) is 35.4 Å². The number of hydrogen-bond acceptors (Lipinski definition) is 7. The molecule has 0 heterocycles. The van der Waals surface area contributed by atoms with Crippen molar-refractivity contribution in [1.29, 1.82) is 0 Å². The van der Waals surface area contributed by atoms with Gasteiger partial charge in [-0.1, -0.05) is 44.2 Å². The van der Waals surface area contributed by atoms with Crippen LogP contribution >= 0.6 is 0 Å². The normalized spacial score (nSPS) is 14.9. The number of nitrogens with one attached hydrogen (secondary N) is 4. The summed E-state index contributed by atoms with van der Waals surface area (Å²) in [4.78, 5) is 73.9. The minimum atomic E-state index is -5.17. The number of halogens is 3. The third-order valence-electron chi connectivity index (χ3n) is 6.28. The van der Waals surface area contributed by atoms with Gasteiger partial charge in [-0.2, -0.15) is 13.2 Å².